The monoisotopic (exact) mass is 524 g/mol. The van der Waals surface area contributed by atoms with Crippen LogP contribution in [0, 0.1) is 6.92 Å². The number of aryl methyl sites for hydroxylation is 2. The first kappa shape index (κ1) is 25.0. The van der Waals surface area contributed by atoms with Crippen molar-refractivity contribution in [2.75, 3.05) is 41.9 Å². The van der Waals surface area contributed by atoms with E-state index in [1.165, 1.54) is 10.6 Å². The smallest absolute Gasteiger partial charge is 0.232 e. The highest BCUT2D eigenvalue weighted by molar-refractivity contribution is 7.92. The van der Waals surface area contributed by atoms with E-state index in [-0.39, 0.29) is 6.23 Å². The van der Waals surface area contributed by atoms with Gasteiger partial charge >= 0.3 is 0 Å². The number of anilines is 4. The predicted octanol–water partition coefficient (Wildman–Crippen LogP) is 4.02. The van der Waals surface area contributed by atoms with E-state index < -0.39 is 10.0 Å². The first-order valence-corrected chi connectivity index (χ1v) is 14.0. The van der Waals surface area contributed by atoms with Crippen molar-refractivity contribution in [1.82, 2.24) is 24.3 Å². The maximum atomic E-state index is 12.6. The van der Waals surface area contributed by atoms with Crippen LogP contribution in [0.4, 0.5) is 22.9 Å². The summed E-state index contributed by atoms with van der Waals surface area (Å²) in [5.74, 6) is 1.48. The molecule has 196 valence electrons. The summed E-state index contributed by atoms with van der Waals surface area (Å²) in [4.78, 5) is 9.64. The van der Waals surface area contributed by atoms with Crippen molar-refractivity contribution >= 4 is 44.1 Å². The van der Waals surface area contributed by atoms with Crippen LogP contribution in [-0.4, -0.2) is 59.7 Å². The number of fused-ring (bicyclic) bond motifs is 1. The van der Waals surface area contributed by atoms with Gasteiger partial charge < -0.3 is 15.4 Å². The van der Waals surface area contributed by atoms with Crippen LogP contribution in [0.25, 0.3) is 22.3 Å². The molecule has 4 aromatic rings. The molecule has 3 aromatic heterocycles. The molecule has 2 N–H and O–H groups in total. The van der Waals surface area contributed by atoms with Crippen LogP contribution in [0.15, 0.2) is 36.7 Å². The first-order valence-electron chi connectivity index (χ1n) is 12.2. The Balaban J connectivity index is 1.63. The van der Waals surface area contributed by atoms with Gasteiger partial charge in [0.1, 0.15) is 23.4 Å². The highest BCUT2D eigenvalue weighted by Crippen LogP contribution is 2.37. The lowest BCUT2D eigenvalue weighted by Gasteiger charge is -2.25. The van der Waals surface area contributed by atoms with Gasteiger partial charge in [0, 0.05) is 45.6 Å². The second-order valence-corrected chi connectivity index (χ2v) is 11.3. The molecule has 11 nitrogen and oxygen atoms in total. The fourth-order valence-electron chi connectivity index (χ4n) is 4.64. The summed E-state index contributed by atoms with van der Waals surface area (Å²) >= 11 is 0. The predicted molar refractivity (Wildman–Crippen MR) is 146 cm³/mol. The average molecular weight is 525 g/mol. The molecule has 1 saturated heterocycles. The zero-order valence-electron chi connectivity index (χ0n) is 21.7. The third kappa shape index (κ3) is 4.86. The number of nitrogens with zero attached hydrogens (tertiary/aromatic N) is 6. The zero-order valence-corrected chi connectivity index (χ0v) is 22.5. The number of pyridine rings is 1. The molecule has 0 saturated carbocycles. The molecule has 1 aliphatic rings. The highest BCUT2D eigenvalue weighted by Gasteiger charge is 2.24. The van der Waals surface area contributed by atoms with Gasteiger partial charge in [0.25, 0.3) is 0 Å². The molecule has 1 unspecified atom stereocenters. The van der Waals surface area contributed by atoms with Gasteiger partial charge in [-0.2, -0.15) is 5.10 Å². The summed E-state index contributed by atoms with van der Waals surface area (Å²) in [6.07, 6.45) is 7.76. The van der Waals surface area contributed by atoms with E-state index in [9.17, 15) is 8.42 Å². The summed E-state index contributed by atoms with van der Waals surface area (Å²) in [6.45, 7) is 2.67. The number of imidazole rings is 1. The average Bonchev–Trinajstić information content (AvgIpc) is 3.46. The molecule has 37 heavy (non-hydrogen) atoms. The minimum absolute atomic E-state index is 0.114. The Bertz CT molecular complexity index is 1550. The van der Waals surface area contributed by atoms with E-state index in [0.717, 1.165) is 36.2 Å². The zero-order chi connectivity index (χ0) is 26.3. The number of hydrogen-bond donors (Lipinski definition) is 2. The van der Waals surface area contributed by atoms with Gasteiger partial charge in [-0.1, -0.05) is 6.07 Å². The van der Waals surface area contributed by atoms with Gasteiger partial charge in [-0.25, -0.2) is 18.4 Å². The van der Waals surface area contributed by atoms with E-state index in [1.54, 1.807) is 17.9 Å². The number of sulfonamides is 1. The molecule has 0 amide bonds. The summed E-state index contributed by atoms with van der Waals surface area (Å²) in [5, 5.41) is 10.8. The van der Waals surface area contributed by atoms with Gasteiger partial charge in [-0.15, -0.1) is 0 Å². The van der Waals surface area contributed by atoms with Gasteiger partial charge in [0.15, 0.2) is 5.65 Å². The Morgan fingerprint density at radius 1 is 1.14 bits per heavy atom. The van der Waals surface area contributed by atoms with E-state index in [0.29, 0.717) is 40.7 Å². The van der Waals surface area contributed by atoms with Crippen molar-refractivity contribution in [2.24, 2.45) is 7.05 Å². The lowest BCUT2D eigenvalue weighted by Crippen LogP contribution is -2.25. The van der Waals surface area contributed by atoms with E-state index in [1.807, 2.05) is 51.5 Å². The Hall–Kier alpha value is -3.64. The Morgan fingerprint density at radius 3 is 2.59 bits per heavy atom. The maximum absolute atomic E-state index is 12.6. The molecule has 4 heterocycles. The molecule has 1 aromatic carbocycles. The van der Waals surface area contributed by atoms with Crippen LogP contribution < -0.4 is 14.9 Å². The van der Waals surface area contributed by atoms with Gasteiger partial charge in [-0.3, -0.25) is 13.6 Å². The molecule has 1 atom stereocenters. The molecule has 1 aliphatic heterocycles. The van der Waals surface area contributed by atoms with Crippen molar-refractivity contribution in [2.45, 2.75) is 32.4 Å². The quantitative estimate of drug-likeness (QED) is 0.372. The van der Waals surface area contributed by atoms with Crippen LogP contribution in [-0.2, 0) is 21.8 Å². The molecule has 0 radical (unpaired) electrons. The number of hydrogen-bond acceptors (Lipinski definition) is 8. The van der Waals surface area contributed by atoms with E-state index in [2.05, 4.69) is 20.3 Å². The number of aromatic nitrogens is 5. The van der Waals surface area contributed by atoms with Gasteiger partial charge in [-0.05, 0) is 43.9 Å². The lowest BCUT2D eigenvalue weighted by atomic mass is 10.1. The summed E-state index contributed by atoms with van der Waals surface area (Å²) in [5.41, 5.74) is 4.99. The Labute approximate surface area is 216 Å². The second kappa shape index (κ2) is 9.67. The number of benzene rings is 1. The third-order valence-electron chi connectivity index (χ3n) is 6.67. The Morgan fingerprint density at radius 2 is 1.95 bits per heavy atom. The number of rotatable bonds is 7. The molecule has 0 aliphatic carbocycles. The maximum Gasteiger partial charge on any atom is 0.232 e. The van der Waals surface area contributed by atoms with Crippen LogP contribution in [0.3, 0.4) is 0 Å². The third-order valence-corrected chi connectivity index (χ3v) is 7.86. The lowest BCUT2D eigenvalue weighted by molar-refractivity contribution is -0.0308. The number of ether oxygens (including phenoxy) is 1. The molecule has 1 fully saturated rings. The van der Waals surface area contributed by atoms with Gasteiger partial charge in [0.2, 0.25) is 10.0 Å². The second-order valence-electron chi connectivity index (χ2n) is 9.32. The van der Waals surface area contributed by atoms with Crippen LogP contribution >= 0.6 is 0 Å². The van der Waals surface area contributed by atoms with Crippen molar-refractivity contribution in [1.29, 1.82) is 0 Å². The van der Waals surface area contributed by atoms with Crippen molar-refractivity contribution < 1.29 is 13.2 Å². The van der Waals surface area contributed by atoms with E-state index in [4.69, 9.17) is 14.7 Å². The summed E-state index contributed by atoms with van der Waals surface area (Å²) < 4.78 is 36.2. The Kier molecular flexibility index (Phi) is 6.54. The van der Waals surface area contributed by atoms with Crippen molar-refractivity contribution in [3.8, 4) is 11.1 Å². The summed E-state index contributed by atoms with van der Waals surface area (Å²) in [6, 6.07) is 7.53. The minimum Gasteiger partial charge on any atom is -0.373 e. The van der Waals surface area contributed by atoms with Crippen LogP contribution in [0.1, 0.15) is 31.3 Å². The van der Waals surface area contributed by atoms with E-state index >= 15 is 0 Å². The molecule has 12 heteroatoms. The van der Waals surface area contributed by atoms with Gasteiger partial charge in [0.05, 0.1) is 29.5 Å². The molecule has 0 bridgehead atoms. The molecule has 5 rings (SSSR count). The first-order chi connectivity index (χ1) is 17.7. The van der Waals surface area contributed by atoms with Crippen LogP contribution in [0.2, 0.25) is 0 Å². The number of nitrogens with one attached hydrogen (secondary N) is 2. The minimum atomic E-state index is -3.53. The fourth-order valence-corrected chi connectivity index (χ4v) is 5.15. The largest absolute Gasteiger partial charge is 0.373 e. The van der Waals surface area contributed by atoms with Crippen molar-refractivity contribution in [3.05, 3.63) is 42.5 Å². The summed E-state index contributed by atoms with van der Waals surface area (Å²) in [7, 11) is 1.68. The van der Waals surface area contributed by atoms with Crippen LogP contribution in [0.5, 0.6) is 0 Å². The SMILES string of the molecule is CNc1cc(Nc2ccc(-c3cnn(C)c3)cc2N(C)S(C)(=O)=O)c2nc(C)n(C3CCCCO3)c2n1. The highest BCUT2D eigenvalue weighted by atomic mass is 32.2. The van der Waals surface area contributed by atoms with Crippen molar-refractivity contribution in [3.63, 3.8) is 0 Å². The molecule has 0 spiro atoms. The molecular formula is C25H32N8O3S. The topological polar surface area (TPSA) is 119 Å². The standard InChI is InChI=1S/C25H32N8O3S/c1-16-28-24-20(13-22(26-2)30-25(24)33(16)23-8-6-7-11-36-23)29-19-10-9-17(18-14-27-31(3)15-18)12-21(19)32(4)37(5,34)35/h9-10,12-15,23H,6-8,11H2,1-5H3,(H2,26,29,30). The molecular weight excluding hydrogens is 492 g/mol. The normalized spacial score (nSPS) is 16.2. The fraction of sp³-hybridized carbons (Fsp3) is 0.400.